The van der Waals surface area contributed by atoms with E-state index < -0.39 is 5.41 Å². The van der Waals surface area contributed by atoms with Gasteiger partial charge in [-0.15, -0.1) is 0 Å². The number of methoxy groups -OCH3 is 1. The minimum atomic E-state index is -0.567. The van der Waals surface area contributed by atoms with Gasteiger partial charge in [-0.3, -0.25) is 4.79 Å². The largest absolute Gasteiger partial charge is 0.467 e. The maximum Gasteiger partial charge on any atom is 0.321 e. The summed E-state index contributed by atoms with van der Waals surface area (Å²) in [5.74, 6) is 0.660. The SMILES string of the molecule is COc1nc(CNC(=O)C2(c3ccc(F)cc3)CC2)nc(N2CCCC2)n1. The van der Waals surface area contributed by atoms with Crippen LogP contribution in [0.15, 0.2) is 24.3 Å². The Kier molecular flexibility index (Phi) is 4.63. The van der Waals surface area contributed by atoms with E-state index in [1.54, 1.807) is 12.1 Å². The highest BCUT2D eigenvalue weighted by Crippen LogP contribution is 2.48. The van der Waals surface area contributed by atoms with Crippen molar-refractivity contribution in [3.63, 3.8) is 0 Å². The van der Waals surface area contributed by atoms with Gasteiger partial charge < -0.3 is 15.0 Å². The molecule has 1 amide bonds. The Morgan fingerprint density at radius 1 is 1.19 bits per heavy atom. The first-order valence-corrected chi connectivity index (χ1v) is 9.19. The van der Waals surface area contributed by atoms with E-state index in [1.165, 1.54) is 19.2 Å². The highest BCUT2D eigenvalue weighted by Gasteiger charge is 2.51. The maximum atomic E-state index is 13.2. The van der Waals surface area contributed by atoms with Crippen LogP contribution in [0.1, 0.15) is 37.1 Å². The summed E-state index contributed by atoms with van der Waals surface area (Å²) in [5.41, 5.74) is 0.273. The molecule has 1 N–H and O–H groups in total. The molecule has 0 atom stereocenters. The van der Waals surface area contributed by atoms with Gasteiger partial charge in [-0.1, -0.05) is 12.1 Å². The molecule has 0 radical (unpaired) electrons. The molecule has 1 aliphatic heterocycles. The number of hydrogen-bond acceptors (Lipinski definition) is 6. The lowest BCUT2D eigenvalue weighted by atomic mass is 9.95. The number of aromatic nitrogens is 3. The predicted molar refractivity (Wildman–Crippen MR) is 97.0 cm³/mol. The summed E-state index contributed by atoms with van der Waals surface area (Å²) in [5, 5.41) is 2.92. The maximum absolute atomic E-state index is 13.2. The van der Waals surface area contributed by atoms with Gasteiger partial charge in [-0.2, -0.15) is 15.0 Å². The van der Waals surface area contributed by atoms with Crippen LogP contribution in [0.5, 0.6) is 6.01 Å². The van der Waals surface area contributed by atoms with Gasteiger partial charge >= 0.3 is 6.01 Å². The summed E-state index contributed by atoms with van der Waals surface area (Å²) in [6, 6.07) is 6.39. The van der Waals surface area contributed by atoms with Gasteiger partial charge in [0.1, 0.15) is 5.82 Å². The third-order valence-electron chi connectivity index (χ3n) is 5.21. The number of anilines is 1. The number of ether oxygens (including phenoxy) is 1. The highest BCUT2D eigenvalue weighted by atomic mass is 19.1. The van der Waals surface area contributed by atoms with E-state index >= 15 is 0 Å². The van der Waals surface area contributed by atoms with Crippen molar-refractivity contribution in [2.24, 2.45) is 0 Å². The van der Waals surface area contributed by atoms with Gasteiger partial charge in [-0.05, 0) is 43.4 Å². The Balaban J connectivity index is 1.47. The Bertz CT molecular complexity index is 832. The zero-order chi connectivity index (χ0) is 18.9. The van der Waals surface area contributed by atoms with Crippen molar-refractivity contribution in [3.05, 3.63) is 41.5 Å². The summed E-state index contributed by atoms with van der Waals surface area (Å²) in [6.45, 7) is 2.01. The molecule has 142 valence electrons. The van der Waals surface area contributed by atoms with Crippen LogP contribution in [-0.2, 0) is 16.8 Å². The van der Waals surface area contributed by atoms with E-state index in [-0.39, 0.29) is 24.3 Å². The Morgan fingerprint density at radius 3 is 2.52 bits per heavy atom. The lowest BCUT2D eigenvalue weighted by molar-refractivity contribution is -0.123. The van der Waals surface area contributed by atoms with Crippen molar-refractivity contribution in [2.75, 3.05) is 25.1 Å². The van der Waals surface area contributed by atoms with Crippen molar-refractivity contribution in [1.82, 2.24) is 20.3 Å². The van der Waals surface area contributed by atoms with Crippen LogP contribution in [0.25, 0.3) is 0 Å². The van der Waals surface area contributed by atoms with Crippen LogP contribution in [0.4, 0.5) is 10.3 Å². The second kappa shape index (κ2) is 7.09. The van der Waals surface area contributed by atoms with E-state index in [0.717, 1.165) is 44.3 Å². The Hall–Kier alpha value is -2.77. The molecular formula is C19H22FN5O2. The molecule has 1 aliphatic carbocycles. The van der Waals surface area contributed by atoms with Gasteiger partial charge in [0, 0.05) is 13.1 Å². The second-order valence-electron chi connectivity index (χ2n) is 7.00. The van der Waals surface area contributed by atoms with Crippen molar-refractivity contribution in [1.29, 1.82) is 0 Å². The molecule has 4 rings (SSSR count). The fraction of sp³-hybridized carbons (Fsp3) is 0.474. The number of nitrogens with zero attached hydrogens (tertiary/aromatic N) is 4. The molecule has 2 aliphatic rings. The number of benzene rings is 1. The fourth-order valence-electron chi connectivity index (χ4n) is 3.48. The molecule has 1 aromatic heterocycles. The van der Waals surface area contributed by atoms with Gasteiger partial charge in [-0.25, -0.2) is 4.39 Å². The molecule has 2 fully saturated rings. The van der Waals surface area contributed by atoms with E-state index in [9.17, 15) is 9.18 Å². The molecule has 0 bridgehead atoms. The minimum Gasteiger partial charge on any atom is -0.467 e. The molecule has 1 saturated carbocycles. The average Bonchev–Trinajstić information content (AvgIpc) is 3.32. The fourth-order valence-corrected chi connectivity index (χ4v) is 3.48. The summed E-state index contributed by atoms with van der Waals surface area (Å²) in [7, 11) is 1.51. The van der Waals surface area contributed by atoms with Gasteiger partial charge in [0.05, 0.1) is 19.1 Å². The molecule has 0 spiro atoms. The lowest BCUT2D eigenvalue weighted by Gasteiger charge is -2.17. The van der Waals surface area contributed by atoms with Crippen LogP contribution in [0, 0.1) is 5.82 Å². The van der Waals surface area contributed by atoms with Crippen LogP contribution in [-0.4, -0.2) is 41.1 Å². The monoisotopic (exact) mass is 371 g/mol. The van der Waals surface area contributed by atoms with Crippen LogP contribution in [0.3, 0.4) is 0 Å². The molecule has 2 aromatic rings. The number of rotatable bonds is 6. The average molecular weight is 371 g/mol. The number of carbonyl (C=O) groups excluding carboxylic acids is 1. The van der Waals surface area contributed by atoms with Crippen LogP contribution in [0.2, 0.25) is 0 Å². The first-order valence-electron chi connectivity index (χ1n) is 9.19. The van der Waals surface area contributed by atoms with Crippen molar-refractivity contribution in [3.8, 4) is 6.01 Å². The van der Waals surface area contributed by atoms with Crippen LogP contribution < -0.4 is 15.0 Å². The normalized spacial score (nSPS) is 17.6. The molecule has 1 aromatic carbocycles. The molecule has 2 heterocycles. The van der Waals surface area contributed by atoms with E-state index in [0.29, 0.717) is 11.8 Å². The minimum absolute atomic E-state index is 0.0868. The standard InChI is InChI=1S/C19H22FN5O2/c1-27-18-23-15(22-17(24-18)25-10-2-3-11-25)12-21-16(26)19(8-9-19)13-4-6-14(20)7-5-13/h4-7H,2-3,8-12H2,1H3,(H,21,26). The number of halogens is 1. The molecule has 8 heteroatoms. The van der Waals surface area contributed by atoms with Crippen molar-refractivity contribution < 1.29 is 13.9 Å². The first-order chi connectivity index (χ1) is 13.1. The number of hydrogen-bond donors (Lipinski definition) is 1. The van der Waals surface area contributed by atoms with E-state index in [2.05, 4.69) is 25.2 Å². The van der Waals surface area contributed by atoms with Crippen molar-refractivity contribution >= 4 is 11.9 Å². The van der Waals surface area contributed by atoms with Crippen molar-refractivity contribution in [2.45, 2.75) is 37.6 Å². The molecule has 0 unspecified atom stereocenters. The zero-order valence-corrected chi connectivity index (χ0v) is 15.2. The summed E-state index contributed by atoms with van der Waals surface area (Å²) in [6.07, 6.45) is 3.73. The second-order valence-corrected chi connectivity index (χ2v) is 7.00. The molecule has 27 heavy (non-hydrogen) atoms. The Labute approximate surface area is 157 Å². The van der Waals surface area contributed by atoms with Gasteiger partial charge in [0.2, 0.25) is 11.9 Å². The predicted octanol–water partition coefficient (Wildman–Crippen LogP) is 1.97. The first kappa shape index (κ1) is 17.6. The molecule has 7 nitrogen and oxygen atoms in total. The number of carbonyl (C=O) groups is 1. The highest BCUT2D eigenvalue weighted by molar-refractivity contribution is 5.91. The molecular weight excluding hydrogens is 349 g/mol. The smallest absolute Gasteiger partial charge is 0.321 e. The van der Waals surface area contributed by atoms with Crippen LogP contribution >= 0.6 is 0 Å². The third-order valence-corrected chi connectivity index (χ3v) is 5.21. The number of nitrogens with one attached hydrogen (secondary N) is 1. The van der Waals surface area contributed by atoms with Gasteiger partial charge in [0.25, 0.3) is 0 Å². The summed E-state index contributed by atoms with van der Waals surface area (Å²) < 4.78 is 18.3. The number of amides is 1. The third kappa shape index (κ3) is 3.56. The summed E-state index contributed by atoms with van der Waals surface area (Å²) >= 11 is 0. The quantitative estimate of drug-likeness (QED) is 0.836. The van der Waals surface area contributed by atoms with E-state index in [1.807, 2.05) is 0 Å². The lowest BCUT2D eigenvalue weighted by Crippen LogP contribution is -2.35. The van der Waals surface area contributed by atoms with E-state index in [4.69, 9.17) is 4.74 Å². The molecule has 1 saturated heterocycles. The summed E-state index contributed by atoms with van der Waals surface area (Å²) in [4.78, 5) is 27.9. The Morgan fingerprint density at radius 2 is 1.89 bits per heavy atom. The van der Waals surface area contributed by atoms with Gasteiger partial charge in [0.15, 0.2) is 5.82 Å². The topological polar surface area (TPSA) is 80.2 Å². The zero-order valence-electron chi connectivity index (χ0n) is 15.2.